The van der Waals surface area contributed by atoms with Crippen LogP contribution in [-0.4, -0.2) is 41.0 Å². The predicted molar refractivity (Wildman–Crippen MR) is 76.2 cm³/mol. The third-order valence-corrected chi connectivity index (χ3v) is 3.15. The number of hydrogen-bond donors (Lipinski definition) is 2. The van der Waals surface area contributed by atoms with E-state index >= 15 is 0 Å². The average molecular weight is 267 g/mol. The monoisotopic (exact) mass is 267 g/mol. The fraction of sp³-hybridized carbons (Fsp3) is 0.583. The Labute approximate surface area is 113 Å². The summed E-state index contributed by atoms with van der Waals surface area (Å²) in [6.45, 7) is 5.79. The van der Waals surface area contributed by atoms with Gasteiger partial charge in [-0.05, 0) is 20.4 Å². The summed E-state index contributed by atoms with van der Waals surface area (Å²) in [4.78, 5) is 16.5. The largest absolute Gasteiger partial charge is 0.383 e. The lowest BCUT2D eigenvalue weighted by molar-refractivity contribution is -0.384. The first-order valence-electron chi connectivity index (χ1n) is 6.30. The summed E-state index contributed by atoms with van der Waals surface area (Å²) in [5.41, 5.74) is 5.48. The highest BCUT2D eigenvalue weighted by Gasteiger charge is 2.10. The summed E-state index contributed by atoms with van der Waals surface area (Å²) in [6, 6.07) is 3.14. The maximum atomic E-state index is 10.7. The Hall–Kier alpha value is -1.89. The first kappa shape index (κ1) is 15.2. The van der Waals surface area contributed by atoms with Gasteiger partial charge in [0.2, 0.25) is 0 Å². The van der Waals surface area contributed by atoms with Gasteiger partial charge in [0.1, 0.15) is 11.6 Å². The van der Waals surface area contributed by atoms with E-state index in [9.17, 15) is 10.1 Å². The predicted octanol–water partition coefficient (Wildman–Crippen LogP) is 1.71. The zero-order valence-electron chi connectivity index (χ0n) is 11.6. The number of anilines is 2. The second-order valence-electron chi connectivity index (χ2n) is 4.56. The molecule has 0 saturated heterocycles. The van der Waals surface area contributed by atoms with E-state index in [1.165, 1.54) is 12.1 Å². The maximum absolute atomic E-state index is 10.7. The van der Waals surface area contributed by atoms with E-state index in [0.717, 1.165) is 13.0 Å². The minimum atomic E-state index is -0.478. The van der Waals surface area contributed by atoms with Crippen molar-refractivity contribution in [3.05, 3.63) is 22.2 Å². The van der Waals surface area contributed by atoms with E-state index in [0.29, 0.717) is 18.4 Å². The lowest BCUT2D eigenvalue weighted by Crippen LogP contribution is -2.32. The molecule has 7 heteroatoms. The maximum Gasteiger partial charge on any atom is 0.276 e. The average Bonchev–Trinajstić information content (AvgIpc) is 2.36. The lowest BCUT2D eigenvalue weighted by Gasteiger charge is -2.23. The van der Waals surface area contributed by atoms with E-state index in [1.807, 2.05) is 7.05 Å². The first-order valence-corrected chi connectivity index (χ1v) is 6.30. The minimum Gasteiger partial charge on any atom is -0.383 e. The number of likely N-dealkylation sites (N-methyl/N-ethyl adjacent to an activating group) is 1. The molecule has 1 unspecified atom stereocenters. The lowest BCUT2D eigenvalue weighted by atomic mass is 10.2. The van der Waals surface area contributed by atoms with Crippen LogP contribution in [0.4, 0.5) is 17.3 Å². The smallest absolute Gasteiger partial charge is 0.276 e. The van der Waals surface area contributed by atoms with Gasteiger partial charge >= 0.3 is 0 Å². The van der Waals surface area contributed by atoms with Crippen molar-refractivity contribution < 1.29 is 4.92 Å². The Morgan fingerprint density at radius 1 is 1.58 bits per heavy atom. The van der Waals surface area contributed by atoms with Gasteiger partial charge < -0.3 is 16.0 Å². The van der Waals surface area contributed by atoms with Crippen molar-refractivity contribution in [1.82, 2.24) is 9.88 Å². The van der Waals surface area contributed by atoms with Crippen molar-refractivity contribution in [3.63, 3.8) is 0 Å². The molecule has 106 valence electrons. The summed E-state index contributed by atoms with van der Waals surface area (Å²) in [6.07, 6.45) is 1.08. The highest BCUT2D eigenvalue weighted by Crippen LogP contribution is 2.18. The van der Waals surface area contributed by atoms with Crippen LogP contribution in [-0.2, 0) is 0 Å². The van der Waals surface area contributed by atoms with Gasteiger partial charge in [-0.25, -0.2) is 4.98 Å². The summed E-state index contributed by atoms with van der Waals surface area (Å²) in [7, 11) is 2.05. The molecule has 0 radical (unpaired) electrons. The van der Waals surface area contributed by atoms with Gasteiger partial charge in [0.15, 0.2) is 0 Å². The summed E-state index contributed by atoms with van der Waals surface area (Å²) in [5.74, 6) is 0.580. The number of nitro groups is 1. The molecular weight excluding hydrogens is 246 g/mol. The van der Waals surface area contributed by atoms with Crippen LogP contribution < -0.4 is 11.1 Å². The molecule has 1 rings (SSSR count). The molecule has 0 bridgehead atoms. The van der Waals surface area contributed by atoms with Gasteiger partial charge in [-0.2, -0.15) is 0 Å². The van der Waals surface area contributed by atoms with Crippen molar-refractivity contribution in [2.75, 3.05) is 31.2 Å². The molecule has 3 N–H and O–H groups in total. The Bertz CT molecular complexity index is 438. The molecule has 1 aromatic rings. The van der Waals surface area contributed by atoms with Crippen LogP contribution in [0.3, 0.4) is 0 Å². The number of aromatic nitrogens is 1. The molecule has 1 aromatic heterocycles. The SMILES string of the molecule is CCC(C)N(C)CCNc1cc([N+](=O)[O-])cc(N)n1. The summed E-state index contributed by atoms with van der Waals surface area (Å²) >= 11 is 0. The minimum absolute atomic E-state index is 0.0507. The molecule has 1 heterocycles. The molecule has 19 heavy (non-hydrogen) atoms. The van der Waals surface area contributed by atoms with E-state index in [4.69, 9.17) is 5.73 Å². The molecule has 0 spiro atoms. The van der Waals surface area contributed by atoms with Crippen molar-refractivity contribution in [3.8, 4) is 0 Å². The second kappa shape index (κ2) is 6.89. The number of pyridine rings is 1. The van der Waals surface area contributed by atoms with Crippen molar-refractivity contribution >= 4 is 17.3 Å². The third kappa shape index (κ3) is 4.70. The zero-order valence-corrected chi connectivity index (χ0v) is 11.6. The van der Waals surface area contributed by atoms with Crippen LogP contribution in [0.5, 0.6) is 0 Å². The van der Waals surface area contributed by atoms with Gasteiger partial charge in [-0.15, -0.1) is 0 Å². The molecule has 0 aromatic carbocycles. The normalized spacial score (nSPS) is 12.4. The molecule has 0 aliphatic heterocycles. The number of rotatable bonds is 7. The quantitative estimate of drug-likeness (QED) is 0.576. The van der Waals surface area contributed by atoms with Gasteiger partial charge in [0, 0.05) is 19.1 Å². The third-order valence-electron chi connectivity index (χ3n) is 3.15. The number of nitrogens with two attached hydrogens (primary N) is 1. The Morgan fingerprint density at radius 3 is 2.84 bits per heavy atom. The van der Waals surface area contributed by atoms with Crippen LogP contribution >= 0.6 is 0 Å². The number of hydrogen-bond acceptors (Lipinski definition) is 6. The highest BCUT2D eigenvalue weighted by atomic mass is 16.6. The molecule has 0 fully saturated rings. The Morgan fingerprint density at radius 2 is 2.26 bits per heavy atom. The van der Waals surface area contributed by atoms with Crippen molar-refractivity contribution in [2.45, 2.75) is 26.3 Å². The summed E-state index contributed by atoms with van der Waals surface area (Å²) in [5, 5.41) is 13.8. The van der Waals surface area contributed by atoms with Gasteiger partial charge in [-0.3, -0.25) is 10.1 Å². The van der Waals surface area contributed by atoms with E-state index < -0.39 is 4.92 Å². The second-order valence-corrected chi connectivity index (χ2v) is 4.56. The first-order chi connectivity index (χ1) is 8.93. The van der Waals surface area contributed by atoms with Crippen LogP contribution in [0.15, 0.2) is 12.1 Å². The standard InChI is InChI=1S/C12H21N5O2/c1-4-9(2)16(3)6-5-14-12-8-10(17(18)19)7-11(13)15-12/h7-9H,4-6H2,1-3H3,(H3,13,14,15). The highest BCUT2D eigenvalue weighted by molar-refractivity contribution is 5.52. The van der Waals surface area contributed by atoms with E-state index in [2.05, 4.69) is 29.0 Å². The Balaban J connectivity index is 2.56. The molecule has 0 saturated carbocycles. The molecule has 1 atom stereocenters. The Kier molecular flexibility index (Phi) is 5.50. The van der Waals surface area contributed by atoms with Crippen LogP contribution in [0, 0.1) is 10.1 Å². The topological polar surface area (TPSA) is 97.3 Å². The zero-order chi connectivity index (χ0) is 14.4. The van der Waals surface area contributed by atoms with Crippen molar-refractivity contribution in [1.29, 1.82) is 0 Å². The number of nitrogens with zero attached hydrogens (tertiary/aromatic N) is 3. The molecule has 7 nitrogen and oxygen atoms in total. The fourth-order valence-electron chi connectivity index (χ4n) is 1.63. The van der Waals surface area contributed by atoms with Crippen LogP contribution in [0.1, 0.15) is 20.3 Å². The van der Waals surface area contributed by atoms with Crippen LogP contribution in [0.2, 0.25) is 0 Å². The van der Waals surface area contributed by atoms with E-state index in [1.54, 1.807) is 0 Å². The van der Waals surface area contributed by atoms with Crippen LogP contribution in [0.25, 0.3) is 0 Å². The fourth-order valence-corrected chi connectivity index (χ4v) is 1.63. The molecule has 0 aliphatic rings. The molecule has 0 aliphatic carbocycles. The van der Waals surface area contributed by atoms with E-state index in [-0.39, 0.29) is 11.5 Å². The van der Waals surface area contributed by atoms with Gasteiger partial charge in [0.25, 0.3) is 5.69 Å². The van der Waals surface area contributed by atoms with Crippen molar-refractivity contribution in [2.24, 2.45) is 0 Å². The molecular formula is C12H21N5O2. The summed E-state index contributed by atoms with van der Waals surface area (Å²) < 4.78 is 0. The van der Waals surface area contributed by atoms with Gasteiger partial charge in [-0.1, -0.05) is 6.92 Å². The van der Waals surface area contributed by atoms with Gasteiger partial charge in [0.05, 0.1) is 17.1 Å². The number of nitrogens with one attached hydrogen (secondary N) is 1. The molecule has 0 amide bonds. The number of nitrogen functional groups attached to an aromatic ring is 1.